The molecule has 2 unspecified atom stereocenters. The van der Waals surface area contributed by atoms with Crippen LogP contribution in [0.2, 0.25) is 5.28 Å². The number of anilines is 1. The zero-order valence-corrected chi connectivity index (χ0v) is 17.1. The highest BCUT2D eigenvalue weighted by molar-refractivity contribution is 7.44. The lowest BCUT2D eigenvalue weighted by molar-refractivity contribution is -0.0384. The second kappa shape index (κ2) is 9.15. The van der Waals surface area contributed by atoms with Crippen molar-refractivity contribution in [3.63, 3.8) is 0 Å². The van der Waals surface area contributed by atoms with Gasteiger partial charge in [-0.3, -0.25) is 0 Å². The summed E-state index contributed by atoms with van der Waals surface area (Å²) >= 11 is 6.19. The molecule has 0 radical (unpaired) electrons. The van der Waals surface area contributed by atoms with Crippen LogP contribution in [0.3, 0.4) is 0 Å². The van der Waals surface area contributed by atoms with E-state index in [2.05, 4.69) is 20.4 Å². The molecule has 1 aliphatic carbocycles. The van der Waals surface area contributed by atoms with Gasteiger partial charge in [0.05, 0.1) is 24.3 Å². The number of nitrogens with one attached hydrogen (secondary N) is 1. The second-order valence-corrected chi connectivity index (χ2v) is 8.65. The summed E-state index contributed by atoms with van der Waals surface area (Å²) < 4.78 is 13.0. The highest BCUT2D eigenvalue weighted by Gasteiger charge is 2.29. The Morgan fingerprint density at radius 1 is 1.21 bits per heavy atom. The Hall–Kier alpha value is -1.09. The molecule has 154 valence electrons. The molecule has 1 aliphatic heterocycles. The normalized spacial score (nSPS) is 23.7. The maximum absolute atomic E-state index is 8.92. The smallest absolute Gasteiger partial charge is 0.226 e. The van der Waals surface area contributed by atoms with Gasteiger partial charge >= 0.3 is 0 Å². The Morgan fingerprint density at radius 3 is 2.82 bits per heavy atom. The molecular weight excluding hydrogens is 405 g/mol. The molecule has 0 spiro atoms. The molecule has 2 aliphatic rings. The van der Waals surface area contributed by atoms with Crippen molar-refractivity contribution in [2.75, 3.05) is 18.3 Å². The fourth-order valence-corrected chi connectivity index (χ4v) is 4.35. The third kappa shape index (κ3) is 4.72. The Labute approximate surface area is 169 Å². The van der Waals surface area contributed by atoms with E-state index < -0.39 is 8.38 Å². The van der Waals surface area contributed by atoms with E-state index in [1.54, 1.807) is 10.9 Å². The Kier molecular flexibility index (Phi) is 6.60. The molecule has 0 aromatic carbocycles. The van der Waals surface area contributed by atoms with Crippen LogP contribution in [0.4, 0.5) is 5.82 Å². The van der Waals surface area contributed by atoms with Gasteiger partial charge in [-0.25, -0.2) is 4.68 Å². The Morgan fingerprint density at radius 2 is 2.04 bits per heavy atom. The van der Waals surface area contributed by atoms with Gasteiger partial charge in [-0.15, -0.1) is 0 Å². The predicted molar refractivity (Wildman–Crippen MR) is 106 cm³/mol. The van der Waals surface area contributed by atoms with Crippen LogP contribution in [0.25, 0.3) is 11.0 Å². The molecule has 11 heteroatoms. The van der Waals surface area contributed by atoms with Gasteiger partial charge in [0.25, 0.3) is 0 Å². The standard InChI is InChI=1S/C17H25ClN5O4P/c18-17-21-15(20-11-4-2-1-3-5-11)13-8-19-23(16(13)22-17)14-7-6-12(27-14)9-26-10-28(24)25/h8,11-12,14,24-25H,1-7,9-10H2,(H,20,21,22). The van der Waals surface area contributed by atoms with Crippen molar-refractivity contribution in [3.8, 4) is 0 Å². The molecule has 1 saturated carbocycles. The lowest BCUT2D eigenvalue weighted by Crippen LogP contribution is -2.23. The van der Waals surface area contributed by atoms with E-state index >= 15 is 0 Å². The molecule has 2 aromatic heterocycles. The van der Waals surface area contributed by atoms with Crippen LogP contribution in [-0.2, 0) is 9.47 Å². The number of rotatable bonds is 7. The number of hydrogen-bond acceptors (Lipinski definition) is 8. The lowest BCUT2D eigenvalue weighted by Gasteiger charge is -2.23. The van der Waals surface area contributed by atoms with Crippen LogP contribution in [0.1, 0.15) is 51.2 Å². The molecule has 1 saturated heterocycles. The van der Waals surface area contributed by atoms with Crippen molar-refractivity contribution in [2.45, 2.75) is 63.3 Å². The zero-order chi connectivity index (χ0) is 19.5. The van der Waals surface area contributed by atoms with Gasteiger partial charge in [0.1, 0.15) is 12.2 Å². The van der Waals surface area contributed by atoms with Crippen molar-refractivity contribution >= 4 is 36.8 Å². The van der Waals surface area contributed by atoms with Gasteiger partial charge < -0.3 is 24.6 Å². The highest BCUT2D eigenvalue weighted by atomic mass is 35.5. The molecular formula is C17H25ClN5O4P. The molecule has 2 atom stereocenters. The third-order valence-electron chi connectivity index (χ3n) is 5.24. The van der Waals surface area contributed by atoms with Gasteiger partial charge in [-0.2, -0.15) is 15.1 Å². The number of hydrogen-bond donors (Lipinski definition) is 3. The zero-order valence-electron chi connectivity index (χ0n) is 15.5. The van der Waals surface area contributed by atoms with Gasteiger partial charge in [0.15, 0.2) is 20.3 Å². The summed E-state index contributed by atoms with van der Waals surface area (Å²) in [5.74, 6) is 0.727. The fourth-order valence-electron chi connectivity index (χ4n) is 3.92. The number of halogens is 1. The number of aromatic nitrogens is 4. The highest BCUT2D eigenvalue weighted by Crippen LogP contribution is 2.33. The minimum atomic E-state index is -2.04. The van der Waals surface area contributed by atoms with Crippen molar-refractivity contribution < 1.29 is 19.3 Å². The number of fused-ring (bicyclic) bond motifs is 1. The van der Waals surface area contributed by atoms with Crippen LogP contribution in [0.5, 0.6) is 0 Å². The van der Waals surface area contributed by atoms with E-state index in [-0.39, 0.29) is 24.0 Å². The largest absolute Gasteiger partial charge is 0.369 e. The molecule has 9 nitrogen and oxygen atoms in total. The van der Waals surface area contributed by atoms with Gasteiger partial charge in [-0.1, -0.05) is 19.3 Å². The summed E-state index contributed by atoms with van der Waals surface area (Å²) in [6.07, 6.45) is 8.90. The first-order chi connectivity index (χ1) is 13.6. The first-order valence-electron chi connectivity index (χ1n) is 9.66. The van der Waals surface area contributed by atoms with E-state index in [4.69, 9.17) is 30.9 Å². The van der Waals surface area contributed by atoms with Crippen molar-refractivity contribution in [2.24, 2.45) is 0 Å². The molecule has 0 amide bonds. The van der Waals surface area contributed by atoms with E-state index in [9.17, 15) is 0 Å². The van der Waals surface area contributed by atoms with Gasteiger partial charge in [0.2, 0.25) is 5.28 Å². The molecule has 2 aromatic rings. The molecule has 3 N–H and O–H groups in total. The van der Waals surface area contributed by atoms with E-state index in [0.29, 0.717) is 18.3 Å². The van der Waals surface area contributed by atoms with Gasteiger partial charge in [0, 0.05) is 6.04 Å². The SMILES string of the molecule is OP(O)COCC1CCC(n2ncc3c(NC4CCCCC4)nc(Cl)nc32)O1. The average molecular weight is 430 g/mol. The number of nitrogens with zero attached hydrogens (tertiary/aromatic N) is 4. The summed E-state index contributed by atoms with van der Waals surface area (Å²) in [5.41, 5.74) is 0.652. The molecule has 3 heterocycles. The van der Waals surface area contributed by atoms with E-state index in [0.717, 1.165) is 36.9 Å². The summed E-state index contributed by atoms with van der Waals surface area (Å²) in [6, 6.07) is 0.402. The summed E-state index contributed by atoms with van der Waals surface area (Å²) in [7, 11) is -2.04. The van der Waals surface area contributed by atoms with E-state index in [1.807, 2.05) is 0 Å². The van der Waals surface area contributed by atoms with Crippen molar-refractivity contribution in [1.29, 1.82) is 0 Å². The summed E-state index contributed by atoms with van der Waals surface area (Å²) in [4.78, 5) is 26.6. The predicted octanol–water partition coefficient (Wildman–Crippen LogP) is 3.17. The number of ether oxygens (including phenoxy) is 2. The topological polar surface area (TPSA) is 115 Å². The summed E-state index contributed by atoms with van der Waals surface area (Å²) in [5, 5.41) is 9.03. The van der Waals surface area contributed by atoms with E-state index in [1.165, 1.54) is 19.3 Å². The maximum Gasteiger partial charge on any atom is 0.226 e. The molecule has 2 fully saturated rings. The van der Waals surface area contributed by atoms with Crippen LogP contribution in [-0.4, -0.2) is 54.6 Å². The third-order valence-corrected chi connectivity index (χ3v) is 5.82. The quantitative estimate of drug-likeness (QED) is 0.454. The van der Waals surface area contributed by atoms with Crippen LogP contribution in [0.15, 0.2) is 6.20 Å². The Balaban J connectivity index is 1.48. The molecule has 4 rings (SSSR count). The first kappa shape index (κ1) is 20.2. The monoisotopic (exact) mass is 429 g/mol. The average Bonchev–Trinajstić information content (AvgIpc) is 3.29. The minimum absolute atomic E-state index is 0.0659. The molecule has 0 bridgehead atoms. The van der Waals surface area contributed by atoms with Crippen LogP contribution < -0.4 is 5.32 Å². The van der Waals surface area contributed by atoms with Crippen molar-refractivity contribution in [1.82, 2.24) is 19.7 Å². The Bertz CT molecular complexity index is 801. The van der Waals surface area contributed by atoms with Crippen molar-refractivity contribution in [3.05, 3.63) is 11.5 Å². The van der Waals surface area contributed by atoms with Crippen LogP contribution in [0, 0.1) is 0 Å². The van der Waals surface area contributed by atoms with Gasteiger partial charge in [-0.05, 0) is 37.3 Å². The summed E-state index contributed by atoms with van der Waals surface area (Å²) in [6.45, 7) is 0.319. The second-order valence-electron chi connectivity index (χ2n) is 7.31. The minimum Gasteiger partial charge on any atom is -0.369 e. The van der Waals surface area contributed by atoms with Crippen LogP contribution >= 0.6 is 20.0 Å². The molecule has 28 heavy (non-hydrogen) atoms. The first-order valence-corrected chi connectivity index (χ1v) is 11.5. The fraction of sp³-hybridized carbons (Fsp3) is 0.706. The lowest BCUT2D eigenvalue weighted by atomic mass is 9.95. The maximum atomic E-state index is 8.92.